The van der Waals surface area contributed by atoms with Crippen LogP contribution in [0.25, 0.3) is 0 Å². The lowest BCUT2D eigenvalue weighted by atomic mass is 9.96. The fraction of sp³-hybridized carbons (Fsp3) is 0.588. The molecule has 122 valence electrons. The van der Waals surface area contributed by atoms with E-state index in [1.165, 1.54) is 5.56 Å². The number of methoxy groups -OCH3 is 1. The highest BCUT2D eigenvalue weighted by Gasteiger charge is 2.26. The minimum atomic E-state index is -0.467. The minimum Gasteiger partial charge on any atom is -0.496 e. The van der Waals surface area contributed by atoms with E-state index < -0.39 is 5.60 Å². The van der Waals surface area contributed by atoms with Gasteiger partial charge in [0.15, 0.2) is 0 Å². The lowest BCUT2D eigenvalue weighted by Crippen LogP contribution is -2.40. The lowest BCUT2D eigenvalue weighted by molar-refractivity contribution is 0.0224. The Hall–Kier alpha value is -1.75. The standard InChI is InChI=1S/C17H26N2O3/c1-17(2,3)22-16(20)19-7-6-12-8-13(10-18-4)15(21-5)9-14(12)11-19/h8-9,18H,6-7,10-11H2,1-5H3. The molecular formula is C17H26N2O3. The van der Waals surface area contributed by atoms with Crippen LogP contribution in [0.5, 0.6) is 5.75 Å². The van der Waals surface area contributed by atoms with Crippen molar-refractivity contribution in [3.63, 3.8) is 0 Å². The van der Waals surface area contributed by atoms with Gasteiger partial charge in [0.25, 0.3) is 0 Å². The van der Waals surface area contributed by atoms with E-state index in [9.17, 15) is 4.79 Å². The number of nitrogens with zero attached hydrogens (tertiary/aromatic N) is 1. The summed E-state index contributed by atoms with van der Waals surface area (Å²) in [5.41, 5.74) is 3.10. The smallest absolute Gasteiger partial charge is 0.410 e. The maximum Gasteiger partial charge on any atom is 0.410 e. The Kier molecular flexibility index (Phi) is 4.96. The van der Waals surface area contributed by atoms with Gasteiger partial charge in [-0.1, -0.05) is 6.07 Å². The van der Waals surface area contributed by atoms with E-state index in [4.69, 9.17) is 9.47 Å². The minimum absolute atomic E-state index is 0.253. The highest BCUT2D eigenvalue weighted by Crippen LogP contribution is 2.28. The predicted octanol–water partition coefficient (Wildman–Crippen LogP) is 2.71. The third-order valence-electron chi connectivity index (χ3n) is 3.63. The van der Waals surface area contributed by atoms with Crippen LogP contribution in [0.2, 0.25) is 0 Å². The number of nitrogens with one attached hydrogen (secondary N) is 1. The number of carbonyl (C=O) groups is 1. The van der Waals surface area contributed by atoms with Crippen molar-refractivity contribution < 1.29 is 14.3 Å². The van der Waals surface area contributed by atoms with Gasteiger partial charge in [-0.25, -0.2) is 4.79 Å². The number of amides is 1. The average molecular weight is 306 g/mol. The van der Waals surface area contributed by atoms with Crippen molar-refractivity contribution in [3.05, 3.63) is 28.8 Å². The van der Waals surface area contributed by atoms with Gasteiger partial charge in [-0.05, 0) is 51.4 Å². The number of benzene rings is 1. The molecule has 0 saturated carbocycles. The van der Waals surface area contributed by atoms with Crippen molar-refractivity contribution in [3.8, 4) is 5.75 Å². The Balaban J connectivity index is 2.18. The van der Waals surface area contributed by atoms with Gasteiger partial charge in [0, 0.05) is 25.2 Å². The summed E-state index contributed by atoms with van der Waals surface area (Å²) in [6.45, 7) is 7.68. The van der Waals surface area contributed by atoms with E-state index in [2.05, 4.69) is 11.4 Å². The maximum atomic E-state index is 12.2. The average Bonchev–Trinajstić information content (AvgIpc) is 2.44. The van der Waals surface area contributed by atoms with Crippen LogP contribution in [0, 0.1) is 0 Å². The Bertz CT molecular complexity index is 550. The van der Waals surface area contributed by atoms with Gasteiger partial charge in [0.05, 0.1) is 7.11 Å². The molecule has 0 spiro atoms. The summed E-state index contributed by atoms with van der Waals surface area (Å²) in [5, 5.41) is 3.15. The Labute approximate surface area is 132 Å². The first-order valence-corrected chi connectivity index (χ1v) is 7.65. The summed E-state index contributed by atoms with van der Waals surface area (Å²) in [4.78, 5) is 14.0. The molecule has 1 amide bonds. The molecule has 0 radical (unpaired) electrons. The molecule has 1 aromatic carbocycles. The van der Waals surface area contributed by atoms with Crippen LogP contribution < -0.4 is 10.1 Å². The lowest BCUT2D eigenvalue weighted by Gasteiger charge is -2.31. The highest BCUT2D eigenvalue weighted by atomic mass is 16.6. The first-order chi connectivity index (χ1) is 10.3. The van der Waals surface area contributed by atoms with Crippen molar-refractivity contribution in [2.24, 2.45) is 0 Å². The molecule has 0 aliphatic carbocycles. The molecule has 1 aliphatic heterocycles. The van der Waals surface area contributed by atoms with Crippen LogP contribution in [0.3, 0.4) is 0 Å². The monoisotopic (exact) mass is 306 g/mol. The molecule has 5 heteroatoms. The number of carbonyl (C=O) groups excluding carboxylic acids is 1. The fourth-order valence-electron chi connectivity index (χ4n) is 2.64. The Morgan fingerprint density at radius 2 is 2.05 bits per heavy atom. The van der Waals surface area contributed by atoms with Gasteiger partial charge in [0.1, 0.15) is 11.4 Å². The van der Waals surface area contributed by atoms with E-state index in [0.717, 1.165) is 29.8 Å². The normalized spacial score (nSPS) is 14.5. The number of rotatable bonds is 3. The topological polar surface area (TPSA) is 50.8 Å². The molecular weight excluding hydrogens is 280 g/mol. The van der Waals surface area contributed by atoms with Crippen LogP contribution >= 0.6 is 0 Å². The molecule has 1 aliphatic rings. The number of fused-ring (bicyclic) bond motifs is 1. The van der Waals surface area contributed by atoms with Gasteiger partial charge in [-0.2, -0.15) is 0 Å². The third-order valence-corrected chi connectivity index (χ3v) is 3.63. The molecule has 2 rings (SSSR count). The second kappa shape index (κ2) is 6.57. The molecule has 0 unspecified atom stereocenters. The summed E-state index contributed by atoms with van der Waals surface area (Å²) < 4.78 is 10.9. The van der Waals surface area contributed by atoms with Crippen LogP contribution in [0.15, 0.2) is 12.1 Å². The van der Waals surface area contributed by atoms with Crippen molar-refractivity contribution in [2.75, 3.05) is 20.7 Å². The van der Waals surface area contributed by atoms with Gasteiger partial charge >= 0.3 is 6.09 Å². The largest absolute Gasteiger partial charge is 0.496 e. The zero-order chi connectivity index (χ0) is 16.3. The van der Waals surface area contributed by atoms with Crippen LogP contribution in [-0.4, -0.2) is 37.3 Å². The summed E-state index contributed by atoms with van der Waals surface area (Å²) in [6.07, 6.45) is 0.589. The molecule has 0 atom stereocenters. The zero-order valence-electron chi connectivity index (χ0n) is 14.2. The third kappa shape index (κ3) is 3.91. The van der Waals surface area contributed by atoms with E-state index in [1.807, 2.05) is 33.9 Å². The van der Waals surface area contributed by atoms with Crippen LogP contribution in [0.4, 0.5) is 4.79 Å². The molecule has 1 N–H and O–H groups in total. The summed E-state index contributed by atoms with van der Waals surface area (Å²) in [7, 11) is 3.60. The fourth-order valence-corrected chi connectivity index (χ4v) is 2.64. The predicted molar refractivity (Wildman–Crippen MR) is 86.1 cm³/mol. The SMILES string of the molecule is CNCc1cc2c(cc1OC)CN(C(=O)OC(C)(C)C)CC2. The molecule has 5 nitrogen and oxygen atoms in total. The molecule has 0 saturated heterocycles. The second-order valence-corrected chi connectivity index (χ2v) is 6.61. The van der Waals surface area contributed by atoms with Crippen molar-refractivity contribution >= 4 is 6.09 Å². The first kappa shape index (κ1) is 16.6. The Morgan fingerprint density at radius 3 is 2.64 bits per heavy atom. The summed E-state index contributed by atoms with van der Waals surface area (Å²) in [5.74, 6) is 0.860. The van der Waals surface area contributed by atoms with Gasteiger partial charge in [0.2, 0.25) is 0 Å². The van der Waals surface area contributed by atoms with Crippen molar-refractivity contribution in [1.29, 1.82) is 0 Å². The Morgan fingerprint density at radius 1 is 1.32 bits per heavy atom. The first-order valence-electron chi connectivity index (χ1n) is 7.65. The van der Waals surface area contributed by atoms with E-state index in [0.29, 0.717) is 13.1 Å². The van der Waals surface area contributed by atoms with Gasteiger partial charge < -0.3 is 19.7 Å². The molecule has 1 aromatic rings. The quantitative estimate of drug-likeness (QED) is 0.933. The number of hydrogen-bond donors (Lipinski definition) is 1. The van der Waals surface area contributed by atoms with Crippen LogP contribution in [-0.2, 0) is 24.2 Å². The molecule has 22 heavy (non-hydrogen) atoms. The second-order valence-electron chi connectivity index (χ2n) is 6.61. The summed E-state index contributed by atoms with van der Waals surface area (Å²) in [6, 6.07) is 4.22. The van der Waals surface area contributed by atoms with Crippen molar-refractivity contribution in [2.45, 2.75) is 45.9 Å². The maximum absolute atomic E-state index is 12.2. The number of hydrogen-bond acceptors (Lipinski definition) is 4. The van der Waals surface area contributed by atoms with Gasteiger partial charge in [-0.15, -0.1) is 0 Å². The van der Waals surface area contributed by atoms with Crippen LogP contribution in [0.1, 0.15) is 37.5 Å². The van der Waals surface area contributed by atoms with E-state index in [-0.39, 0.29) is 6.09 Å². The molecule has 1 heterocycles. The van der Waals surface area contributed by atoms with E-state index in [1.54, 1.807) is 12.0 Å². The highest BCUT2D eigenvalue weighted by molar-refractivity contribution is 5.68. The van der Waals surface area contributed by atoms with Crippen molar-refractivity contribution in [1.82, 2.24) is 10.2 Å². The zero-order valence-corrected chi connectivity index (χ0v) is 14.2. The van der Waals surface area contributed by atoms with E-state index >= 15 is 0 Å². The summed E-state index contributed by atoms with van der Waals surface area (Å²) >= 11 is 0. The molecule has 0 aromatic heterocycles. The number of ether oxygens (including phenoxy) is 2. The molecule has 0 fully saturated rings. The molecule has 0 bridgehead atoms. The van der Waals surface area contributed by atoms with Gasteiger partial charge in [-0.3, -0.25) is 0 Å².